The van der Waals surface area contributed by atoms with E-state index in [1.165, 1.54) is 46.3 Å². The molecule has 0 spiro atoms. The molecule has 0 atom stereocenters. The molecule has 0 saturated carbocycles. The lowest BCUT2D eigenvalue weighted by atomic mass is 10.0. The standard InChI is InChI=1S/C22H22ClFN2O2S2/c23-18-1-7-22(8-2-18)30(27,28)26(20-5-3-19(24)4-6-20)21-9-12-25(13-10-21)15-17-11-14-29-16-17/h1-8,11,14,16,21H,9-10,12-13,15H2. The molecule has 8 heteroatoms. The van der Waals surface area contributed by atoms with Crippen molar-refractivity contribution < 1.29 is 12.8 Å². The van der Waals surface area contributed by atoms with E-state index < -0.39 is 15.8 Å². The highest BCUT2D eigenvalue weighted by molar-refractivity contribution is 7.92. The van der Waals surface area contributed by atoms with Crippen LogP contribution in [0.25, 0.3) is 0 Å². The molecule has 2 aromatic carbocycles. The lowest BCUT2D eigenvalue weighted by molar-refractivity contribution is 0.207. The van der Waals surface area contributed by atoms with Gasteiger partial charge in [0.15, 0.2) is 0 Å². The Morgan fingerprint density at radius 1 is 1.03 bits per heavy atom. The van der Waals surface area contributed by atoms with Crippen molar-refractivity contribution in [2.45, 2.75) is 30.3 Å². The van der Waals surface area contributed by atoms with Crippen molar-refractivity contribution in [3.05, 3.63) is 81.8 Å². The highest BCUT2D eigenvalue weighted by Gasteiger charge is 2.34. The summed E-state index contributed by atoms with van der Waals surface area (Å²) >= 11 is 7.62. The average Bonchev–Trinajstić information content (AvgIpc) is 3.24. The fourth-order valence-corrected chi connectivity index (χ4v) is 6.30. The molecule has 0 amide bonds. The van der Waals surface area contributed by atoms with Gasteiger partial charge in [-0.05, 0) is 83.8 Å². The Labute approximate surface area is 185 Å². The Kier molecular flexibility index (Phi) is 6.43. The topological polar surface area (TPSA) is 40.6 Å². The molecule has 0 bridgehead atoms. The maximum Gasteiger partial charge on any atom is 0.264 e. The monoisotopic (exact) mass is 464 g/mol. The number of piperidine rings is 1. The largest absolute Gasteiger partial charge is 0.299 e. The zero-order chi connectivity index (χ0) is 21.1. The van der Waals surface area contributed by atoms with Crippen LogP contribution in [0.4, 0.5) is 10.1 Å². The van der Waals surface area contributed by atoms with Crippen molar-refractivity contribution >= 4 is 38.6 Å². The van der Waals surface area contributed by atoms with Crippen molar-refractivity contribution in [1.82, 2.24) is 4.90 Å². The summed E-state index contributed by atoms with van der Waals surface area (Å²) in [5.74, 6) is -0.395. The van der Waals surface area contributed by atoms with Gasteiger partial charge in [0, 0.05) is 30.7 Å². The fourth-order valence-electron chi connectivity index (χ4n) is 3.81. The van der Waals surface area contributed by atoms with Crippen molar-refractivity contribution in [2.75, 3.05) is 17.4 Å². The molecular formula is C22H22ClFN2O2S2. The lowest BCUT2D eigenvalue weighted by Gasteiger charge is -2.39. The third-order valence-electron chi connectivity index (χ3n) is 5.33. The molecule has 0 aliphatic carbocycles. The zero-order valence-corrected chi connectivity index (χ0v) is 18.6. The van der Waals surface area contributed by atoms with Crippen LogP contribution in [0.15, 0.2) is 70.3 Å². The van der Waals surface area contributed by atoms with Gasteiger partial charge in [0.1, 0.15) is 5.82 Å². The van der Waals surface area contributed by atoms with Gasteiger partial charge in [-0.25, -0.2) is 12.8 Å². The van der Waals surface area contributed by atoms with Crippen LogP contribution in [0, 0.1) is 5.82 Å². The van der Waals surface area contributed by atoms with Crippen LogP contribution in [-0.2, 0) is 16.6 Å². The number of hydrogen-bond acceptors (Lipinski definition) is 4. The highest BCUT2D eigenvalue weighted by Crippen LogP contribution is 2.31. The smallest absolute Gasteiger partial charge is 0.264 e. The number of rotatable bonds is 6. The average molecular weight is 465 g/mol. The number of hydrogen-bond donors (Lipinski definition) is 0. The Hall–Kier alpha value is -1.93. The second-order valence-corrected chi connectivity index (χ2v) is 10.4. The van der Waals surface area contributed by atoms with Crippen LogP contribution in [0.3, 0.4) is 0 Å². The molecule has 1 aromatic heterocycles. The highest BCUT2D eigenvalue weighted by atomic mass is 35.5. The summed E-state index contributed by atoms with van der Waals surface area (Å²) in [6.07, 6.45) is 1.41. The van der Waals surface area contributed by atoms with E-state index in [1.54, 1.807) is 23.5 Å². The number of halogens is 2. The van der Waals surface area contributed by atoms with Gasteiger partial charge in [-0.1, -0.05) is 11.6 Å². The molecule has 4 rings (SSSR count). The molecule has 0 N–H and O–H groups in total. The zero-order valence-electron chi connectivity index (χ0n) is 16.2. The van der Waals surface area contributed by atoms with Crippen LogP contribution >= 0.6 is 22.9 Å². The maximum absolute atomic E-state index is 13.5. The molecule has 0 radical (unpaired) electrons. The summed E-state index contributed by atoms with van der Waals surface area (Å²) in [6.45, 7) is 2.47. The summed E-state index contributed by atoms with van der Waals surface area (Å²) in [6, 6.07) is 13.7. The van der Waals surface area contributed by atoms with Crippen LogP contribution in [0.2, 0.25) is 5.02 Å². The normalized spacial score (nSPS) is 15.9. The van der Waals surface area contributed by atoms with Gasteiger partial charge in [0.2, 0.25) is 0 Å². The van der Waals surface area contributed by atoms with E-state index in [4.69, 9.17) is 11.6 Å². The first-order chi connectivity index (χ1) is 14.4. The third-order valence-corrected chi connectivity index (χ3v) is 8.21. The molecule has 1 fully saturated rings. The van der Waals surface area contributed by atoms with E-state index in [-0.39, 0.29) is 10.9 Å². The fraction of sp³-hybridized carbons (Fsp3) is 0.273. The van der Waals surface area contributed by atoms with Crippen molar-refractivity contribution in [2.24, 2.45) is 0 Å². The van der Waals surface area contributed by atoms with E-state index in [2.05, 4.69) is 21.7 Å². The van der Waals surface area contributed by atoms with E-state index >= 15 is 0 Å². The summed E-state index contributed by atoms with van der Waals surface area (Å²) in [7, 11) is -3.82. The molecule has 0 unspecified atom stereocenters. The number of thiophene rings is 1. The first-order valence-electron chi connectivity index (χ1n) is 9.72. The van der Waals surface area contributed by atoms with Crippen molar-refractivity contribution in [1.29, 1.82) is 0 Å². The number of sulfonamides is 1. The van der Waals surface area contributed by atoms with E-state index in [1.807, 2.05) is 0 Å². The van der Waals surface area contributed by atoms with Crippen LogP contribution in [-0.4, -0.2) is 32.4 Å². The van der Waals surface area contributed by atoms with Crippen LogP contribution < -0.4 is 4.31 Å². The Morgan fingerprint density at radius 2 is 1.70 bits per heavy atom. The van der Waals surface area contributed by atoms with Gasteiger partial charge >= 0.3 is 0 Å². The summed E-state index contributed by atoms with van der Waals surface area (Å²) < 4.78 is 42.0. The van der Waals surface area contributed by atoms with Crippen LogP contribution in [0.5, 0.6) is 0 Å². The minimum Gasteiger partial charge on any atom is -0.299 e. The molecule has 1 aliphatic heterocycles. The van der Waals surface area contributed by atoms with E-state index in [0.717, 1.165) is 19.6 Å². The minimum atomic E-state index is -3.82. The molecule has 2 heterocycles. The molecule has 158 valence electrons. The van der Waals surface area contributed by atoms with Gasteiger partial charge in [0.25, 0.3) is 10.0 Å². The lowest BCUT2D eigenvalue weighted by Crippen LogP contribution is -2.47. The SMILES string of the molecule is O=S(=O)(c1ccc(Cl)cc1)N(c1ccc(F)cc1)C1CCN(Cc2ccsc2)CC1. The Morgan fingerprint density at radius 3 is 2.30 bits per heavy atom. The van der Waals surface area contributed by atoms with Gasteiger partial charge in [0.05, 0.1) is 10.6 Å². The van der Waals surface area contributed by atoms with Crippen LogP contribution in [0.1, 0.15) is 18.4 Å². The summed E-state index contributed by atoms with van der Waals surface area (Å²) in [4.78, 5) is 2.52. The van der Waals surface area contributed by atoms with Gasteiger partial charge in [-0.3, -0.25) is 9.21 Å². The summed E-state index contributed by atoms with van der Waals surface area (Å²) in [5.41, 5.74) is 1.75. The molecule has 4 nitrogen and oxygen atoms in total. The first-order valence-corrected chi connectivity index (χ1v) is 12.5. The van der Waals surface area contributed by atoms with Gasteiger partial charge < -0.3 is 0 Å². The van der Waals surface area contributed by atoms with E-state index in [9.17, 15) is 12.8 Å². The molecule has 1 aliphatic rings. The Balaban J connectivity index is 1.60. The predicted octanol–water partition coefficient (Wildman–Crippen LogP) is 5.40. The molecule has 3 aromatic rings. The first kappa shape index (κ1) is 21.3. The second-order valence-electron chi connectivity index (χ2n) is 7.37. The Bertz CT molecular complexity index is 1060. The number of anilines is 1. The van der Waals surface area contributed by atoms with Gasteiger partial charge in [-0.15, -0.1) is 0 Å². The third kappa shape index (κ3) is 4.70. The predicted molar refractivity (Wildman–Crippen MR) is 120 cm³/mol. The quantitative estimate of drug-likeness (QED) is 0.490. The number of nitrogens with zero attached hydrogens (tertiary/aromatic N) is 2. The summed E-state index contributed by atoms with van der Waals surface area (Å²) in [5, 5.41) is 4.68. The number of benzene rings is 2. The minimum absolute atomic E-state index is 0.178. The van der Waals surface area contributed by atoms with Gasteiger partial charge in [-0.2, -0.15) is 11.3 Å². The second kappa shape index (κ2) is 9.06. The number of likely N-dealkylation sites (tertiary alicyclic amines) is 1. The molecular weight excluding hydrogens is 443 g/mol. The molecule has 30 heavy (non-hydrogen) atoms. The van der Waals surface area contributed by atoms with Crippen molar-refractivity contribution in [3.8, 4) is 0 Å². The molecule has 1 saturated heterocycles. The van der Waals surface area contributed by atoms with Crippen molar-refractivity contribution in [3.63, 3.8) is 0 Å². The van der Waals surface area contributed by atoms with E-state index in [0.29, 0.717) is 23.6 Å². The maximum atomic E-state index is 13.5.